The Balaban J connectivity index is 1.68. The van der Waals surface area contributed by atoms with Gasteiger partial charge in [-0.3, -0.25) is 33.6 Å². The molecule has 19 heteroatoms. The number of phenols is 1. The molecule has 0 unspecified atom stereocenters. The summed E-state index contributed by atoms with van der Waals surface area (Å²) in [6.07, 6.45) is 1.90. The van der Waals surface area contributed by atoms with Gasteiger partial charge in [-0.1, -0.05) is 60.7 Å². The number of phenolic OH excluding ortho intramolecular Hbond substituents is 1. The van der Waals surface area contributed by atoms with E-state index in [9.17, 15) is 38.7 Å². The van der Waals surface area contributed by atoms with E-state index < -0.39 is 82.3 Å². The highest BCUT2D eigenvalue weighted by Crippen LogP contribution is 2.21. The molecule has 0 radical (unpaired) electrons. The van der Waals surface area contributed by atoms with Crippen molar-refractivity contribution in [2.75, 3.05) is 12.3 Å². The standard InChI is InChI=1S/C44H57N9O8S2/c1-25(54)48-37(44(2,3)63)43(61)52-34(20-26-10-5-4-6-11-26)40(58)51-35(22-28-23-47-31-13-8-7-12-30(28)31)42(60)49-32(14-9-19-45)39(57)50-33(21-27-15-17-29(55)18-16-27)41(59)53-36(24-62)38(46)56/h4-8,10-13,15-18,23,32-37,47,55,62-63H,9,14,19-22,24,45H2,1-3H3,(H2,46,56)(H,48,54)(H,49,60)(H,50,57)(H,51,58)(H,52,61)(H,53,59)/t32-,33-,34-,35+,36-,37+/m0/s1. The quantitative estimate of drug-likeness (QED) is 0.0466. The van der Waals surface area contributed by atoms with Crippen LogP contribution in [0.25, 0.3) is 10.9 Å². The number of hydrogen-bond acceptors (Lipinski definition) is 11. The molecule has 0 saturated carbocycles. The van der Waals surface area contributed by atoms with Crippen LogP contribution >= 0.6 is 25.3 Å². The summed E-state index contributed by atoms with van der Waals surface area (Å²) < 4.78 is -1.04. The van der Waals surface area contributed by atoms with Gasteiger partial charge in [-0.05, 0) is 68.1 Å². The van der Waals surface area contributed by atoms with Crippen molar-refractivity contribution in [2.24, 2.45) is 11.5 Å². The summed E-state index contributed by atoms with van der Waals surface area (Å²) in [6, 6.07) is 14.8. The molecule has 0 fully saturated rings. The van der Waals surface area contributed by atoms with Crippen molar-refractivity contribution in [3.05, 3.63) is 102 Å². The summed E-state index contributed by atoms with van der Waals surface area (Å²) in [4.78, 5) is 97.8. The third kappa shape index (κ3) is 15.1. The van der Waals surface area contributed by atoms with Crippen LogP contribution in [0.1, 0.15) is 50.3 Å². The summed E-state index contributed by atoms with van der Waals surface area (Å²) in [5.41, 5.74) is 14.0. The molecular formula is C44H57N9O8S2. The van der Waals surface area contributed by atoms with Crippen molar-refractivity contribution in [1.29, 1.82) is 0 Å². The fourth-order valence-electron chi connectivity index (χ4n) is 6.77. The van der Waals surface area contributed by atoms with Gasteiger partial charge in [0.1, 0.15) is 42.0 Å². The molecule has 17 nitrogen and oxygen atoms in total. The summed E-state index contributed by atoms with van der Waals surface area (Å²) in [5.74, 6) is -5.13. The van der Waals surface area contributed by atoms with Crippen LogP contribution in [0.4, 0.5) is 0 Å². The number of carbonyl (C=O) groups excluding carboxylic acids is 7. The third-order valence-corrected chi connectivity index (χ3v) is 10.8. The number of nitrogens with two attached hydrogens (primary N) is 2. The van der Waals surface area contributed by atoms with E-state index in [0.717, 1.165) is 10.9 Å². The zero-order valence-corrected chi connectivity index (χ0v) is 37.1. The molecule has 0 aliphatic carbocycles. The maximum atomic E-state index is 14.5. The van der Waals surface area contributed by atoms with Crippen molar-refractivity contribution in [3.8, 4) is 5.75 Å². The summed E-state index contributed by atoms with van der Waals surface area (Å²) in [7, 11) is 0. The van der Waals surface area contributed by atoms with Crippen LogP contribution in [0, 0.1) is 0 Å². The van der Waals surface area contributed by atoms with Gasteiger partial charge in [-0.15, -0.1) is 0 Å². The highest BCUT2D eigenvalue weighted by Gasteiger charge is 2.37. The number of primary amides is 1. The monoisotopic (exact) mass is 903 g/mol. The number of H-pyrrole nitrogens is 1. The Labute approximate surface area is 376 Å². The zero-order valence-electron chi connectivity index (χ0n) is 35.4. The number of aromatic hydroxyl groups is 1. The van der Waals surface area contributed by atoms with Crippen LogP contribution < -0.4 is 43.4 Å². The van der Waals surface area contributed by atoms with E-state index in [1.807, 2.05) is 24.3 Å². The molecule has 63 heavy (non-hydrogen) atoms. The molecule has 0 spiro atoms. The van der Waals surface area contributed by atoms with Crippen LogP contribution in [0.5, 0.6) is 5.75 Å². The zero-order chi connectivity index (χ0) is 46.3. The molecule has 12 N–H and O–H groups in total. The van der Waals surface area contributed by atoms with Crippen LogP contribution in [0.15, 0.2) is 85.1 Å². The average Bonchev–Trinajstić information content (AvgIpc) is 3.65. The minimum Gasteiger partial charge on any atom is -0.508 e. The normalized spacial score (nSPS) is 14.2. The number of hydrogen-bond donors (Lipinski definition) is 12. The number of aromatic amines is 1. The number of nitrogens with one attached hydrogen (secondary N) is 7. The molecular weight excluding hydrogens is 847 g/mol. The minimum absolute atomic E-state index is 0.00940. The number of carbonyl (C=O) groups is 7. The van der Waals surface area contributed by atoms with Gasteiger partial charge in [0, 0.05) is 53.8 Å². The highest BCUT2D eigenvalue weighted by molar-refractivity contribution is 7.81. The maximum Gasteiger partial charge on any atom is 0.244 e. The van der Waals surface area contributed by atoms with Gasteiger partial charge in [0.05, 0.1) is 0 Å². The number of benzene rings is 3. The smallest absolute Gasteiger partial charge is 0.244 e. The molecule has 0 aliphatic rings. The Morgan fingerprint density at radius 3 is 1.70 bits per heavy atom. The van der Waals surface area contributed by atoms with E-state index in [4.69, 9.17) is 11.5 Å². The third-order valence-electron chi connectivity index (χ3n) is 10.1. The lowest BCUT2D eigenvalue weighted by Crippen LogP contribution is -2.61. The van der Waals surface area contributed by atoms with Gasteiger partial charge in [-0.2, -0.15) is 25.3 Å². The Kier molecular flexibility index (Phi) is 18.4. The molecule has 0 saturated heterocycles. The first-order chi connectivity index (χ1) is 29.9. The lowest BCUT2D eigenvalue weighted by Gasteiger charge is -2.31. The van der Waals surface area contributed by atoms with Gasteiger partial charge < -0.3 is 53.5 Å². The minimum atomic E-state index is -1.32. The van der Waals surface area contributed by atoms with Crippen molar-refractivity contribution in [2.45, 2.75) is 93.9 Å². The van der Waals surface area contributed by atoms with Crippen LogP contribution in [0.3, 0.4) is 0 Å². The summed E-state index contributed by atoms with van der Waals surface area (Å²) >= 11 is 8.64. The molecule has 0 aliphatic heterocycles. The second kappa shape index (κ2) is 23.4. The second-order valence-electron chi connectivity index (χ2n) is 15.7. The van der Waals surface area contributed by atoms with Gasteiger partial charge in [0.25, 0.3) is 0 Å². The molecule has 7 amide bonds. The number of thiol groups is 2. The van der Waals surface area contributed by atoms with Crippen LogP contribution in [-0.2, 0) is 52.8 Å². The number of aromatic nitrogens is 1. The molecule has 3 aromatic carbocycles. The summed E-state index contributed by atoms with van der Waals surface area (Å²) in [6.45, 7) is 4.70. The predicted molar refractivity (Wildman–Crippen MR) is 246 cm³/mol. The van der Waals surface area contributed by atoms with Crippen molar-refractivity contribution in [1.82, 2.24) is 36.9 Å². The Morgan fingerprint density at radius 2 is 1.16 bits per heavy atom. The van der Waals surface area contributed by atoms with Gasteiger partial charge in [0.2, 0.25) is 41.4 Å². The topological polar surface area (TPSA) is 280 Å². The van der Waals surface area contributed by atoms with Crippen molar-refractivity contribution >= 4 is 77.5 Å². The van der Waals surface area contributed by atoms with E-state index in [0.29, 0.717) is 16.7 Å². The van der Waals surface area contributed by atoms with Gasteiger partial charge >= 0.3 is 0 Å². The molecule has 338 valence electrons. The van der Waals surface area contributed by atoms with E-state index in [1.165, 1.54) is 19.1 Å². The molecule has 1 aromatic heterocycles. The Morgan fingerprint density at radius 1 is 0.667 bits per heavy atom. The fourth-order valence-corrected chi connectivity index (χ4v) is 7.23. The summed E-state index contributed by atoms with van der Waals surface area (Å²) in [5, 5.41) is 26.7. The largest absolute Gasteiger partial charge is 0.508 e. The fraction of sp³-hybridized carbons (Fsp3) is 0.386. The first-order valence-electron chi connectivity index (χ1n) is 20.4. The first-order valence-corrected chi connectivity index (χ1v) is 21.5. The average molecular weight is 904 g/mol. The van der Waals surface area contributed by atoms with Crippen molar-refractivity contribution < 1.29 is 38.7 Å². The van der Waals surface area contributed by atoms with Gasteiger partial charge in [-0.25, -0.2) is 0 Å². The lowest BCUT2D eigenvalue weighted by atomic mass is 9.99. The van der Waals surface area contributed by atoms with E-state index in [2.05, 4.69) is 62.1 Å². The van der Waals surface area contributed by atoms with E-state index in [-0.39, 0.29) is 50.2 Å². The highest BCUT2D eigenvalue weighted by atomic mass is 32.1. The predicted octanol–water partition coefficient (Wildman–Crippen LogP) is 0.693. The Hall–Kier alpha value is -6.05. The molecule has 0 bridgehead atoms. The Bertz CT molecular complexity index is 2220. The molecule has 6 atom stereocenters. The number of para-hydroxylation sites is 1. The maximum absolute atomic E-state index is 14.5. The number of rotatable bonds is 23. The second-order valence-corrected chi connectivity index (χ2v) is 17.3. The number of amides is 7. The molecule has 1 heterocycles. The number of fused-ring (bicyclic) bond motifs is 1. The van der Waals surface area contributed by atoms with Gasteiger partial charge in [0.15, 0.2) is 0 Å². The van der Waals surface area contributed by atoms with E-state index >= 15 is 0 Å². The van der Waals surface area contributed by atoms with E-state index in [1.54, 1.807) is 62.5 Å². The first kappa shape index (κ1) is 49.6. The van der Waals surface area contributed by atoms with Crippen molar-refractivity contribution in [3.63, 3.8) is 0 Å². The molecule has 4 aromatic rings. The SMILES string of the molecule is CC(=O)N[C@H](C(=O)N[C@@H](Cc1ccccc1)C(=O)N[C@H](Cc1c[nH]c2ccccc12)C(=O)N[C@@H](CCCN)C(=O)N[C@@H](Cc1ccc(O)cc1)C(=O)N[C@@H](CS)C(N)=O)C(C)(C)S. The molecule has 4 rings (SSSR count). The van der Waals surface area contributed by atoms with Crippen LogP contribution in [0.2, 0.25) is 0 Å². The van der Waals surface area contributed by atoms with Crippen LogP contribution in [-0.4, -0.2) is 105 Å². The lowest BCUT2D eigenvalue weighted by molar-refractivity contribution is -0.135.